The van der Waals surface area contributed by atoms with Gasteiger partial charge in [0.1, 0.15) is 0 Å². The third-order valence-electron chi connectivity index (χ3n) is 3.89. The molecule has 1 aliphatic rings. The number of carboxylic acids is 1. The lowest BCUT2D eigenvalue weighted by Crippen LogP contribution is -2.44. The van der Waals surface area contributed by atoms with Crippen LogP contribution in [0.25, 0.3) is 0 Å². The summed E-state index contributed by atoms with van der Waals surface area (Å²) in [7, 11) is 0. The molecule has 0 aromatic carbocycles. The molecule has 0 spiro atoms. The molecule has 2 atom stereocenters. The molecule has 1 amide bonds. The van der Waals surface area contributed by atoms with Crippen LogP contribution in [0, 0.1) is 11.8 Å². The van der Waals surface area contributed by atoms with Crippen LogP contribution in [-0.2, 0) is 16.0 Å². The number of cyclic esters (lactones) is 1. The van der Waals surface area contributed by atoms with E-state index in [1.54, 1.807) is 17.4 Å². The monoisotopic (exact) mass is 377 g/mol. The van der Waals surface area contributed by atoms with Crippen molar-refractivity contribution in [3.8, 4) is 11.8 Å². The van der Waals surface area contributed by atoms with Gasteiger partial charge in [-0.05, 0) is 17.9 Å². The third kappa shape index (κ3) is 6.90. The number of unbranched alkanes of at least 4 members (excludes halogenated alkanes) is 1. The third-order valence-corrected chi connectivity index (χ3v) is 4.79. The highest BCUT2D eigenvalue weighted by molar-refractivity contribution is 7.09. The number of amides is 1. The van der Waals surface area contributed by atoms with Crippen molar-refractivity contribution >= 4 is 23.4 Å². The number of hydrogen-bond acceptors (Lipinski definition) is 5. The summed E-state index contributed by atoms with van der Waals surface area (Å²) in [6.07, 6.45) is 4.80. The second-order valence-corrected chi connectivity index (χ2v) is 6.97. The van der Waals surface area contributed by atoms with Gasteiger partial charge < -0.3 is 14.9 Å². The Balaban J connectivity index is 1.86. The molecule has 1 unspecified atom stereocenters. The molecule has 1 aromatic rings. The van der Waals surface area contributed by atoms with E-state index < -0.39 is 18.2 Å². The molecule has 2 rings (SSSR count). The molecular weight excluding hydrogens is 354 g/mol. The fraction of sp³-hybridized carbons (Fsp3) is 0.474. The summed E-state index contributed by atoms with van der Waals surface area (Å²) < 4.78 is 5.07. The predicted octanol–water partition coefficient (Wildman–Crippen LogP) is 2.68. The molecule has 7 heteroatoms. The minimum Gasteiger partial charge on any atom is -0.481 e. The number of carbonyl (C=O) groups is 2. The lowest BCUT2D eigenvalue weighted by molar-refractivity contribution is -0.137. The molecule has 0 radical (unpaired) electrons. The number of nitrogens with zero attached hydrogens (tertiary/aromatic N) is 1. The topological polar surface area (TPSA) is 87.1 Å². The molecule has 140 valence electrons. The first-order valence-electron chi connectivity index (χ1n) is 8.56. The maximum Gasteiger partial charge on any atom is 0.411 e. The van der Waals surface area contributed by atoms with Gasteiger partial charge in [0.25, 0.3) is 0 Å². The number of thiophene rings is 1. The van der Waals surface area contributed by atoms with Crippen molar-refractivity contribution in [3.05, 3.63) is 34.5 Å². The molecule has 6 nitrogen and oxygen atoms in total. The maximum absolute atomic E-state index is 12.0. The summed E-state index contributed by atoms with van der Waals surface area (Å²) >= 11 is 1.60. The van der Waals surface area contributed by atoms with Crippen LogP contribution in [0.3, 0.4) is 0 Å². The molecule has 0 aliphatic carbocycles. The Labute approximate surface area is 157 Å². The Morgan fingerprint density at radius 1 is 1.50 bits per heavy atom. The molecule has 26 heavy (non-hydrogen) atoms. The zero-order chi connectivity index (χ0) is 18.8. The highest BCUT2D eigenvalue weighted by atomic mass is 32.1. The first kappa shape index (κ1) is 20.0. The maximum atomic E-state index is 12.0. The van der Waals surface area contributed by atoms with Crippen LogP contribution < -0.4 is 0 Å². The van der Waals surface area contributed by atoms with Gasteiger partial charge in [0.05, 0.1) is 25.3 Å². The van der Waals surface area contributed by atoms with E-state index in [9.17, 15) is 14.7 Å². The molecule has 1 saturated heterocycles. The van der Waals surface area contributed by atoms with Gasteiger partial charge in [-0.15, -0.1) is 17.3 Å². The van der Waals surface area contributed by atoms with Gasteiger partial charge in [0, 0.05) is 30.6 Å². The fourth-order valence-corrected chi connectivity index (χ4v) is 3.30. The number of aliphatic hydroxyl groups is 1. The van der Waals surface area contributed by atoms with Crippen LogP contribution in [0.15, 0.2) is 29.7 Å². The summed E-state index contributed by atoms with van der Waals surface area (Å²) in [6, 6.07) is 3.76. The van der Waals surface area contributed by atoms with Crippen molar-refractivity contribution in [2.45, 2.75) is 44.2 Å². The lowest BCUT2D eigenvalue weighted by Gasteiger charge is -2.31. The number of carboxylic acid groups (broad SMARTS) is 1. The Morgan fingerprint density at radius 2 is 2.35 bits per heavy atom. The van der Waals surface area contributed by atoms with Gasteiger partial charge in [0.2, 0.25) is 0 Å². The van der Waals surface area contributed by atoms with Crippen LogP contribution in [0.2, 0.25) is 0 Å². The average Bonchev–Trinajstić information content (AvgIpc) is 3.10. The standard InChI is InChI=1S/C19H23NO5S/c21-16(14-17-6-5-13-26-17)9-8-15-10-12-25-19(24)20(15)11-4-2-1-3-7-18(22)23/h5-6,8-9,13,15-16,21H,1,3,7,10-12,14H2,(H,22,23)/t15-,16?/m0/s1. The Hall–Kier alpha value is -2.30. The van der Waals surface area contributed by atoms with E-state index in [1.165, 1.54) is 4.90 Å². The van der Waals surface area contributed by atoms with Gasteiger partial charge in [0.15, 0.2) is 0 Å². The van der Waals surface area contributed by atoms with E-state index in [2.05, 4.69) is 11.8 Å². The fourth-order valence-electron chi connectivity index (χ4n) is 2.54. The molecule has 2 N–H and O–H groups in total. The van der Waals surface area contributed by atoms with Crippen molar-refractivity contribution in [2.75, 3.05) is 13.2 Å². The SMILES string of the molecule is O=C(O)CCCC#CCN1C(=O)OCC[C@@H]1C=CC(O)Cc1cccs1. The van der Waals surface area contributed by atoms with E-state index in [1.807, 2.05) is 23.6 Å². The highest BCUT2D eigenvalue weighted by Gasteiger charge is 2.27. The predicted molar refractivity (Wildman–Crippen MR) is 98.9 cm³/mol. The van der Waals surface area contributed by atoms with Crippen molar-refractivity contribution in [3.63, 3.8) is 0 Å². The van der Waals surface area contributed by atoms with Gasteiger partial charge >= 0.3 is 12.1 Å². The number of carbonyl (C=O) groups excluding carboxylic acids is 1. The van der Waals surface area contributed by atoms with Crippen LogP contribution in [0.1, 0.15) is 30.6 Å². The van der Waals surface area contributed by atoms with Gasteiger partial charge in [-0.1, -0.05) is 24.1 Å². The zero-order valence-electron chi connectivity index (χ0n) is 14.5. The number of aliphatic hydroxyl groups excluding tert-OH is 1. The smallest absolute Gasteiger partial charge is 0.411 e. The minimum atomic E-state index is -0.835. The van der Waals surface area contributed by atoms with Gasteiger partial charge in [-0.2, -0.15) is 0 Å². The summed E-state index contributed by atoms with van der Waals surface area (Å²) in [5, 5.41) is 20.7. The first-order valence-corrected chi connectivity index (χ1v) is 9.44. The zero-order valence-corrected chi connectivity index (χ0v) is 15.3. The van der Waals surface area contributed by atoms with Crippen molar-refractivity contribution in [1.29, 1.82) is 0 Å². The highest BCUT2D eigenvalue weighted by Crippen LogP contribution is 2.16. The largest absolute Gasteiger partial charge is 0.481 e. The minimum absolute atomic E-state index is 0.0912. The molecular formula is C19H23NO5S. The Bertz CT molecular complexity index is 674. The molecule has 0 saturated carbocycles. The summed E-state index contributed by atoms with van der Waals surface area (Å²) in [4.78, 5) is 25.1. The van der Waals surface area contributed by atoms with E-state index in [0.29, 0.717) is 32.3 Å². The van der Waals surface area contributed by atoms with E-state index in [4.69, 9.17) is 9.84 Å². The summed E-state index contributed by atoms with van der Waals surface area (Å²) in [6.45, 7) is 0.569. The molecule has 1 aromatic heterocycles. The van der Waals surface area contributed by atoms with Crippen LogP contribution in [0.4, 0.5) is 4.79 Å². The van der Waals surface area contributed by atoms with Crippen LogP contribution >= 0.6 is 11.3 Å². The second-order valence-electron chi connectivity index (χ2n) is 5.93. The second kappa shape index (κ2) is 10.6. The summed E-state index contributed by atoms with van der Waals surface area (Å²) in [5.41, 5.74) is 0. The average molecular weight is 377 g/mol. The van der Waals surface area contributed by atoms with Crippen molar-refractivity contribution in [1.82, 2.24) is 4.90 Å². The molecule has 1 fully saturated rings. The van der Waals surface area contributed by atoms with Crippen LogP contribution in [0.5, 0.6) is 0 Å². The quantitative estimate of drug-likeness (QED) is 0.413. The lowest BCUT2D eigenvalue weighted by atomic mass is 10.1. The number of rotatable bonds is 8. The number of hydrogen-bond donors (Lipinski definition) is 2. The normalized spacial score (nSPS) is 18.3. The Morgan fingerprint density at radius 3 is 3.08 bits per heavy atom. The van der Waals surface area contributed by atoms with Gasteiger partial charge in [-0.25, -0.2) is 4.79 Å². The first-order chi connectivity index (χ1) is 12.6. The number of ether oxygens (including phenoxy) is 1. The molecule has 0 bridgehead atoms. The van der Waals surface area contributed by atoms with Crippen molar-refractivity contribution in [2.24, 2.45) is 0 Å². The van der Waals surface area contributed by atoms with E-state index >= 15 is 0 Å². The van der Waals surface area contributed by atoms with E-state index in [-0.39, 0.29) is 19.0 Å². The molecule has 2 heterocycles. The van der Waals surface area contributed by atoms with Gasteiger partial charge in [-0.3, -0.25) is 9.69 Å². The molecule has 1 aliphatic heterocycles. The van der Waals surface area contributed by atoms with Crippen LogP contribution in [-0.4, -0.2) is 52.5 Å². The van der Waals surface area contributed by atoms with E-state index in [0.717, 1.165) is 4.88 Å². The van der Waals surface area contributed by atoms with Crippen molar-refractivity contribution < 1.29 is 24.5 Å². The Kier molecular flexibility index (Phi) is 8.19. The number of aliphatic carboxylic acids is 1. The summed E-state index contributed by atoms with van der Waals surface area (Å²) in [5.74, 6) is 4.95.